The Morgan fingerprint density at radius 3 is 2.54 bits per heavy atom. The van der Waals surface area contributed by atoms with Gasteiger partial charge in [-0.25, -0.2) is 0 Å². The molecule has 0 radical (unpaired) electrons. The highest BCUT2D eigenvalue weighted by Gasteiger charge is 2.26. The van der Waals surface area contributed by atoms with Gasteiger partial charge in [0.25, 0.3) is 0 Å². The topological polar surface area (TPSA) is 53.6 Å². The Balaban J connectivity index is 0.00000243. The van der Waals surface area contributed by atoms with Gasteiger partial charge in [-0.3, -0.25) is 4.79 Å². The summed E-state index contributed by atoms with van der Waals surface area (Å²) in [4.78, 5) is 14.5. The Bertz CT molecular complexity index is 561. The van der Waals surface area contributed by atoms with E-state index in [-0.39, 0.29) is 18.3 Å². The molecule has 26 heavy (non-hydrogen) atoms. The van der Waals surface area contributed by atoms with Gasteiger partial charge in [0.05, 0.1) is 19.8 Å². The molecule has 0 aromatic heterocycles. The van der Waals surface area contributed by atoms with Crippen molar-refractivity contribution in [3.8, 4) is 0 Å². The fraction of sp³-hybridized carbons (Fsp3) is 0.650. The van der Waals surface area contributed by atoms with E-state index < -0.39 is 0 Å². The molecule has 1 heterocycles. The quantitative estimate of drug-likeness (QED) is 0.821. The van der Waals surface area contributed by atoms with Crippen LogP contribution < -0.4 is 15.5 Å². The summed E-state index contributed by atoms with van der Waals surface area (Å²) < 4.78 is 5.38. The Morgan fingerprint density at radius 2 is 1.85 bits per heavy atom. The molecule has 2 aliphatic rings. The number of ether oxygens (including phenoxy) is 1. The minimum atomic E-state index is 0. The molecule has 1 amide bonds. The highest BCUT2D eigenvalue weighted by Crippen LogP contribution is 2.29. The molecule has 2 fully saturated rings. The van der Waals surface area contributed by atoms with Crippen LogP contribution in [0.15, 0.2) is 24.3 Å². The van der Waals surface area contributed by atoms with E-state index in [1.165, 1.54) is 24.9 Å². The molecular formula is C20H32ClN3O2. The van der Waals surface area contributed by atoms with Gasteiger partial charge in [-0.05, 0) is 42.5 Å². The molecule has 146 valence electrons. The second-order valence-corrected chi connectivity index (χ2v) is 7.45. The lowest BCUT2D eigenvalue weighted by molar-refractivity contribution is -0.115. The van der Waals surface area contributed by atoms with Crippen molar-refractivity contribution in [2.45, 2.75) is 39.2 Å². The number of halogens is 1. The summed E-state index contributed by atoms with van der Waals surface area (Å²) in [5, 5.41) is 6.44. The molecule has 1 aromatic carbocycles. The molecule has 3 atom stereocenters. The van der Waals surface area contributed by atoms with Crippen LogP contribution in [0.2, 0.25) is 0 Å². The standard InChI is InChI=1S/C20H31N3O2.ClH/c1-15-4-3-5-19(16(15)2)21-14-20(24)22-17-6-8-18(9-7-17)23-10-12-25-13-11-23;/h6-9,15-16,19,21H,3-5,10-14H2,1-2H3,(H,22,24);1H. The van der Waals surface area contributed by atoms with Crippen LogP contribution in [0, 0.1) is 11.8 Å². The first kappa shape index (κ1) is 21.0. The lowest BCUT2D eigenvalue weighted by atomic mass is 9.78. The van der Waals surface area contributed by atoms with Crippen molar-refractivity contribution in [3.63, 3.8) is 0 Å². The molecule has 0 bridgehead atoms. The molecule has 3 rings (SSSR count). The third-order valence-electron chi connectivity index (χ3n) is 5.76. The first-order valence-electron chi connectivity index (χ1n) is 9.59. The third-order valence-corrected chi connectivity index (χ3v) is 5.76. The Hall–Kier alpha value is -1.30. The summed E-state index contributed by atoms with van der Waals surface area (Å²) in [7, 11) is 0. The molecule has 1 aliphatic heterocycles. The molecule has 2 N–H and O–H groups in total. The monoisotopic (exact) mass is 381 g/mol. The Morgan fingerprint density at radius 1 is 1.15 bits per heavy atom. The predicted octanol–water partition coefficient (Wildman–Crippen LogP) is 3.30. The minimum absolute atomic E-state index is 0. The van der Waals surface area contributed by atoms with Crippen molar-refractivity contribution in [2.75, 3.05) is 43.1 Å². The van der Waals surface area contributed by atoms with E-state index in [0.717, 1.165) is 37.9 Å². The number of hydrogen-bond acceptors (Lipinski definition) is 4. The number of nitrogens with zero attached hydrogens (tertiary/aromatic N) is 1. The predicted molar refractivity (Wildman–Crippen MR) is 109 cm³/mol. The highest BCUT2D eigenvalue weighted by atomic mass is 35.5. The van der Waals surface area contributed by atoms with Gasteiger partial charge < -0.3 is 20.3 Å². The summed E-state index contributed by atoms with van der Waals surface area (Å²) in [6, 6.07) is 8.55. The number of carbonyl (C=O) groups excluding carboxylic acids is 1. The van der Waals surface area contributed by atoms with Gasteiger partial charge in [0.1, 0.15) is 0 Å². The maximum atomic E-state index is 12.2. The fourth-order valence-corrected chi connectivity index (χ4v) is 3.88. The molecule has 5 nitrogen and oxygen atoms in total. The second kappa shape index (κ2) is 10.1. The van der Waals surface area contributed by atoms with Crippen LogP contribution in [0.1, 0.15) is 33.1 Å². The first-order valence-corrected chi connectivity index (χ1v) is 9.59. The zero-order valence-corrected chi connectivity index (χ0v) is 16.7. The van der Waals surface area contributed by atoms with E-state index in [1.807, 2.05) is 12.1 Å². The zero-order valence-electron chi connectivity index (χ0n) is 15.9. The van der Waals surface area contributed by atoms with Gasteiger partial charge >= 0.3 is 0 Å². The van der Waals surface area contributed by atoms with Gasteiger partial charge in [-0.1, -0.05) is 26.7 Å². The number of anilines is 2. The van der Waals surface area contributed by atoms with Crippen molar-refractivity contribution in [2.24, 2.45) is 11.8 Å². The largest absolute Gasteiger partial charge is 0.378 e. The molecule has 3 unspecified atom stereocenters. The lowest BCUT2D eigenvalue weighted by Gasteiger charge is -2.34. The van der Waals surface area contributed by atoms with Crippen molar-refractivity contribution < 1.29 is 9.53 Å². The van der Waals surface area contributed by atoms with Crippen LogP contribution in [0.25, 0.3) is 0 Å². The van der Waals surface area contributed by atoms with Gasteiger partial charge in [0.15, 0.2) is 0 Å². The number of rotatable bonds is 5. The van der Waals surface area contributed by atoms with Crippen LogP contribution >= 0.6 is 12.4 Å². The minimum Gasteiger partial charge on any atom is -0.378 e. The van der Waals surface area contributed by atoms with Crippen LogP contribution in [0.5, 0.6) is 0 Å². The average molecular weight is 382 g/mol. The van der Waals surface area contributed by atoms with Gasteiger partial charge in [-0.15, -0.1) is 12.4 Å². The number of benzene rings is 1. The molecule has 1 saturated carbocycles. The number of amides is 1. The van der Waals surface area contributed by atoms with Crippen molar-refractivity contribution in [1.82, 2.24) is 5.32 Å². The summed E-state index contributed by atoms with van der Waals surface area (Å²) in [6.45, 7) is 8.40. The molecule has 6 heteroatoms. The van der Waals surface area contributed by atoms with Gasteiger partial charge in [0.2, 0.25) is 5.91 Å². The molecule has 1 saturated heterocycles. The molecule has 1 aliphatic carbocycles. The number of hydrogen-bond donors (Lipinski definition) is 2. The SMILES string of the molecule is CC1CCCC(NCC(=O)Nc2ccc(N3CCOCC3)cc2)C1C.Cl. The zero-order chi connectivity index (χ0) is 17.6. The van der Waals surface area contributed by atoms with Gasteiger partial charge in [-0.2, -0.15) is 0 Å². The summed E-state index contributed by atoms with van der Waals surface area (Å²) >= 11 is 0. The molecule has 1 aromatic rings. The van der Waals surface area contributed by atoms with E-state index in [0.29, 0.717) is 18.5 Å². The van der Waals surface area contributed by atoms with E-state index in [4.69, 9.17) is 4.74 Å². The smallest absolute Gasteiger partial charge is 0.238 e. The van der Waals surface area contributed by atoms with Crippen molar-refractivity contribution in [3.05, 3.63) is 24.3 Å². The number of carbonyl (C=O) groups is 1. The van der Waals surface area contributed by atoms with Crippen LogP contribution in [0.4, 0.5) is 11.4 Å². The Kier molecular flexibility index (Phi) is 8.19. The van der Waals surface area contributed by atoms with Crippen LogP contribution in [-0.2, 0) is 9.53 Å². The maximum Gasteiger partial charge on any atom is 0.238 e. The molecular weight excluding hydrogens is 350 g/mol. The van der Waals surface area contributed by atoms with Crippen LogP contribution in [-0.4, -0.2) is 44.8 Å². The first-order chi connectivity index (χ1) is 12.1. The normalized spacial score (nSPS) is 26.1. The Labute approximate surface area is 163 Å². The van der Waals surface area contributed by atoms with E-state index in [9.17, 15) is 4.79 Å². The van der Waals surface area contributed by atoms with Crippen molar-refractivity contribution in [1.29, 1.82) is 0 Å². The lowest BCUT2D eigenvalue weighted by Crippen LogP contribution is -2.43. The average Bonchev–Trinajstić information content (AvgIpc) is 2.64. The summed E-state index contributed by atoms with van der Waals surface area (Å²) in [6.07, 6.45) is 3.74. The molecule has 0 spiro atoms. The number of nitrogens with one attached hydrogen (secondary N) is 2. The third kappa shape index (κ3) is 5.60. The van der Waals surface area contributed by atoms with Crippen molar-refractivity contribution >= 4 is 29.7 Å². The van der Waals surface area contributed by atoms with E-state index in [2.05, 4.69) is 41.5 Å². The fourth-order valence-electron chi connectivity index (χ4n) is 3.88. The van der Waals surface area contributed by atoms with Gasteiger partial charge in [0, 0.05) is 30.5 Å². The van der Waals surface area contributed by atoms with E-state index in [1.54, 1.807) is 0 Å². The maximum absolute atomic E-state index is 12.2. The summed E-state index contributed by atoms with van der Waals surface area (Å²) in [5.41, 5.74) is 2.04. The summed E-state index contributed by atoms with van der Waals surface area (Å²) in [5.74, 6) is 1.40. The number of morpholine rings is 1. The van der Waals surface area contributed by atoms with Crippen LogP contribution in [0.3, 0.4) is 0 Å². The van der Waals surface area contributed by atoms with E-state index >= 15 is 0 Å². The second-order valence-electron chi connectivity index (χ2n) is 7.45. The highest BCUT2D eigenvalue weighted by molar-refractivity contribution is 5.92.